The fourth-order valence-corrected chi connectivity index (χ4v) is 3.64. The van der Waals surface area contributed by atoms with E-state index >= 15 is 0 Å². The minimum Gasteiger partial charge on any atom is -0.368 e. The molecule has 1 saturated heterocycles. The fourth-order valence-electron chi connectivity index (χ4n) is 3.64. The maximum Gasteiger partial charge on any atom is 0.252 e. The quantitative estimate of drug-likeness (QED) is 0.739. The van der Waals surface area contributed by atoms with E-state index in [1.54, 1.807) is 6.20 Å². The first-order valence-corrected chi connectivity index (χ1v) is 10.4. The summed E-state index contributed by atoms with van der Waals surface area (Å²) >= 11 is 0. The third-order valence-electron chi connectivity index (χ3n) is 5.60. The average Bonchev–Trinajstić information content (AvgIpc) is 2.73. The maximum atomic E-state index is 12.2. The molecule has 1 amide bonds. The van der Waals surface area contributed by atoms with Gasteiger partial charge in [0.15, 0.2) is 0 Å². The lowest BCUT2D eigenvalue weighted by Gasteiger charge is -2.37. The SMILES string of the molecule is CCCCCNC(=O)c1ccc(N2CCN(c3cccc(C)c3C)CC2)nc1. The van der Waals surface area contributed by atoms with E-state index in [1.165, 1.54) is 16.8 Å². The number of nitrogens with one attached hydrogen (secondary N) is 1. The summed E-state index contributed by atoms with van der Waals surface area (Å²) in [7, 11) is 0. The van der Waals surface area contributed by atoms with Crippen LogP contribution in [0.25, 0.3) is 0 Å². The largest absolute Gasteiger partial charge is 0.368 e. The van der Waals surface area contributed by atoms with Crippen molar-refractivity contribution in [3.63, 3.8) is 0 Å². The number of carbonyl (C=O) groups is 1. The van der Waals surface area contributed by atoms with Crippen LogP contribution in [0.1, 0.15) is 47.7 Å². The second-order valence-electron chi connectivity index (χ2n) is 7.56. The highest BCUT2D eigenvalue weighted by Crippen LogP contribution is 2.25. The first-order chi connectivity index (χ1) is 13.6. The number of anilines is 2. The first-order valence-electron chi connectivity index (χ1n) is 10.4. The summed E-state index contributed by atoms with van der Waals surface area (Å²) in [5.74, 6) is 0.915. The van der Waals surface area contributed by atoms with Gasteiger partial charge in [0.05, 0.1) is 5.56 Å². The molecule has 1 N–H and O–H groups in total. The number of pyridine rings is 1. The predicted molar refractivity (Wildman–Crippen MR) is 116 cm³/mol. The van der Waals surface area contributed by atoms with E-state index in [2.05, 4.69) is 59.1 Å². The average molecular weight is 381 g/mol. The third kappa shape index (κ3) is 4.83. The second-order valence-corrected chi connectivity index (χ2v) is 7.56. The number of piperazine rings is 1. The van der Waals surface area contributed by atoms with Crippen molar-refractivity contribution in [2.45, 2.75) is 40.0 Å². The van der Waals surface area contributed by atoms with Crippen molar-refractivity contribution in [3.05, 3.63) is 53.2 Å². The molecule has 0 atom stereocenters. The molecule has 2 heterocycles. The van der Waals surface area contributed by atoms with E-state index in [4.69, 9.17) is 0 Å². The number of aromatic nitrogens is 1. The highest BCUT2D eigenvalue weighted by atomic mass is 16.1. The van der Waals surface area contributed by atoms with Crippen LogP contribution in [0.3, 0.4) is 0 Å². The van der Waals surface area contributed by atoms with Crippen LogP contribution < -0.4 is 15.1 Å². The number of unbranched alkanes of at least 4 members (excludes halogenated alkanes) is 2. The van der Waals surface area contributed by atoms with E-state index in [0.29, 0.717) is 5.56 Å². The molecule has 28 heavy (non-hydrogen) atoms. The number of hydrogen-bond acceptors (Lipinski definition) is 4. The summed E-state index contributed by atoms with van der Waals surface area (Å²) in [5, 5.41) is 2.97. The number of aryl methyl sites for hydroxylation is 1. The molecular weight excluding hydrogens is 348 g/mol. The molecule has 150 valence electrons. The van der Waals surface area contributed by atoms with Crippen LogP contribution >= 0.6 is 0 Å². The molecule has 1 aromatic heterocycles. The van der Waals surface area contributed by atoms with Crippen LogP contribution in [0, 0.1) is 13.8 Å². The number of rotatable bonds is 7. The van der Waals surface area contributed by atoms with Crippen LogP contribution in [0.15, 0.2) is 36.5 Å². The first kappa shape index (κ1) is 20.2. The van der Waals surface area contributed by atoms with E-state index in [-0.39, 0.29) is 5.91 Å². The molecule has 1 aliphatic rings. The molecule has 1 fully saturated rings. The summed E-state index contributed by atoms with van der Waals surface area (Å²) in [5.41, 5.74) is 4.67. The Hall–Kier alpha value is -2.56. The number of hydrogen-bond donors (Lipinski definition) is 1. The fraction of sp³-hybridized carbons (Fsp3) is 0.478. The standard InChI is InChI=1S/C23H32N4O/c1-4-5-6-12-24-23(28)20-10-11-22(25-17-20)27-15-13-26(14-16-27)21-9-7-8-18(2)19(21)3/h7-11,17H,4-6,12-16H2,1-3H3,(H,24,28). The maximum absolute atomic E-state index is 12.2. The second kappa shape index (κ2) is 9.58. The Balaban J connectivity index is 1.54. The van der Waals surface area contributed by atoms with Gasteiger partial charge in [0, 0.05) is 44.6 Å². The van der Waals surface area contributed by atoms with Gasteiger partial charge >= 0.3 is 0 Å². The lowest BCUT2D eigenvalue weighted by Crippen LogP contribution is -2.47. The van der Waals surface area contributed by atoms with Crippen LogP contribution in [0.2, 0.25) is 0 Å². The van der Waals surface area contributed by atoms with E-state index in [0.717, 1.165) is 57.8 Å². The van der Waals surface area contributed by atoms with Crippen molar-refractivity contribution in [2.75, 3.05) is 42.5 Å². The molecule has 0 spiro atoms. The Kier molecular flexibility index (Phi) is 6.90. The molecule has 0 bridgehead atoms. The summed E-state index contributed by atoms with van der Waals surface area (Å²) < 4.78 is 0. The molecular formula is C23H32N4O. The van der Waals surface area contributed by atoms with Gasteiger partial charge in [0.2, 0.25) is 0 Å². The number of benzene rings is 1. The lowest BCUT2D eigenvalue weighted by atomic mass is 10.1. The van der Waals surface area contributed by atoms with E-state index in [1.807, 2.05) is 12.1 Å². The zero-order valence-electron chi connectivity index (χ0n) is 17.4. The van der Waals surface area contributed by atoms with Crippen LogP contribution in [0.5, 0.6) is 0 Å². The van der Waals surface area contributed by atoms with E-state index in [9.17, 15) is 4.79 Å². The predicted octanol–water partition coefficient (Wildman–Crippen LogP) is 3.95. The molecule has 0 radical (unpaired) electrons. The zero-order valence-corrected chi connectivity index (χ0v) is 17.4. The smallest absolute Gasteiger partial charge is 0.252 e. The van der Waals surface area contributed by atoms with Gasteiger partial charge in [-0.1, -0.05) is 31.9 Å². The molecule has 5 heteroatoms. The summed E-state index contributed by atoms with van der Waals surface area (Å²) in [6.45, 7) is 11.1. The minimum atomic E-state index is -0.0325. The summed E-state index contributed by atoms with van der Waals surface area (Å²) in [6.07, 6.45) is 5.02. The molecule has 5 nitrogen and oxygen atoms in total. The molecule has 0 unspecified atom stereocenters. The molecule has 3 rings (SSSR count). The van der Waals surface area contributed by atoms with Crippen molar-refractivity contribution in [1.82, 2.24) is 10.3 Å². The van der Waals surface area contributed by atoms with Crippen molar-refractivity contribution in [1.29, 1.82) is 0 Å². The van der Waals surface area contributed by atoms with Crippen molar-refractivity contribution >= 4 is 17.4 Å². The van der Waals surface area contributed by atoms with Crippen LogP contribution in [-0.2, 0) is 0 Å². The van der Waals surface area contributed by atoms with E-state index < -0.39 is 0 Å². The third-order valence-corrected chi connectivity index (χ3v) is 5.60. The molecule has 0 saturated carbocycles. The van der Waals surface area contributed by atoms with Gasteiger partial charge < -0.3 is 15.1 Å². The molecule has 0 aliphatic carbocycles. The van der Waals surface area contributed by atoms with Crippen LogP contribution in [-0.4, -0.2) is 43.6 Å². The van der Waals surface area contributed by atoms with Gasteiger partial charge in [-0.05, 0) is 49.6 Å². The van der Waals surface area contributed by atoms with Crippen LogP contribution in [0.4, 0.5) is 11.5 Å². The van der Waals surface area contributed by atoms with Crippen molar-refractivity contribution < 1.29 is 4.79 Å². The van der Waals surface area contributed by atoms with Crippen molar-refractivity contribution in [2.24, 2.45) is 0 Å². The number of amides is 1. The normalized spacial score (nSPS) is 14.2. The monoisotopic (exact) mass is 380 g/mol. The van der Waals surface area contributed by atoms with Gasteiger partial charge in [-0.25, -0.2) is 4.98 Å². The van der Waals surface area contributed by atoms with Crippen molar-refractivity contribution in [3.8, 4) is 0 Å². The summed E-state index contributed by atoms with van der Waals surface area (Å²) in [6, 6.07) is 10.4. The van der Waals surface area contributed by atoms with Gasteiger partial charge in [-0.15, -0.1) is 0 Å². The molecule has 2 aromatic rings. The Morgan fingerprint density at radius 3 is 2.46 bits per heavy atom. The topological polar surface area (TPSA) is 48.5 Å². The molecule has 1 aliphatic heterocycles. The number of nitrogens with zero attached hydrogens (tertiary/aromatic N) is 3. The molecule has 1 aromatic carbocycles. The Labute approximate surface area is 168 Å². The van der Waals surface area contributed by atoms with Gasteiger partial charge in [0.25, 0.3) is 5.91 Å². The lowest BCUT2D eigenvalue weighted by molar-refractivity contribution is 0.0952. The number of carbonyl (C=O) groups excluding carboxylic acids is 1. The minimum absolute atomic E-state index is 0.0325. The van der Waals surface area contributed by atoms with Gasteiger partial charge in [-0.3, -0.25) is 4.79 Å². The van der Waals surface area contributed by atoms with Gasteiger partial charge in [-0.2, -0.15) is 0 Å². The highest BCUT2D eigenvalue weighted by Gasteiger charge is 2.20. The Bertz CT molecular complexity index is 780. The Morgan fingerprint density at radius 2 is 1.79 bits per heavy atom. The summed E-state index contributed by atoms with van der Waals surface area (Å²) in [4.78, 5) is 21.5. The van der Waals surface area contributed by atoms with Gasteiger partial charge in [0.1, 0.15) is 5.82 Å². The zero-order chi connectivity index (χ0) is 19.9. The highest BCUT2D eigenvalue weighted by molar-refractivity contribution is 5.94. The Morgan fingerprint density at radius 1 is 1.04 bits per heavy atom.